The van der Waals surface area contributed by atoms with Gasteiger partial charge in [0.15, 0.2) is 5.13 Å². The third kappa shape index (κ3) is 3.51. The highest BCUT2D eigenvalue weighted by Gasteiger charge is 2.22. The molecule has 48 heavy (non-hydrogen) atoms. The third-order valence-corrected chi connectivity index (χ3v) is 10.8. The van der Waals surface area contributed by atoms with Gasteiger partial charge >= 0.3 is 0 Å². The lowest BCUT2D eigenvalue weighted by Crippen LogP contribution is -1.94. The number of aromatic nitrogens is 3. The maximum atomic E-state index is 6.45. The summed E-state index contributed by atoms with van der Waals surface area (Å²) >= 11 is 1.73. The summed E-state index contributed by atoms with van der Waals surface area (Å²) in [5.74, 6) is 0. The summed E-state index contributed by atoms with van der Waals surface area (Å²) < 4.78 is 12.3. The van der Waals surface area contributed by atoms with Crippen LogP contribution in [0.5, 0.6) is 0 Å². The first kappa shape index (κ1) is 26.0. The SMILES string of the molecule is c1ccc(-c2ccc3c(c2)oc2ccc4sc(-n5c6ccccc6c6c7c8ccccc8n(-c8ccccc8)c7ccc65)nc4c23)cc1. The summed E-state index contributed by atoms with van der Waals surface area (Å²) in [5, 5.41) is 8.09. The van der Waals surface area contributed by atoms with Gasteiger partial charge in [-0.25, -0.2) is 4.98 Å². The minimum Gasteiger partial charge on any atom is -0.456 e. The highest BCUT2D eigenvalue weighted by atomic mass is 32.1. The average molecular weight is 632 g/mol. The molecule has 0 aliphatic carbocycles. The first-order valence-electron chi connectivity index (χ1n) is 16.1. The van der Waals surface area contributed by atoms with Gasteiger partial charge < -0.3 is 8.98 Å². The number of furan rings is 1. The van der Waals surface area contributed by atoms with Gasteiger partial charge in [-0.15, -0.1) is 0 Å². The molecular formula is C43H25N3OS. The van der Waals surface area contributed by atoms with E-state index in [2.05, 4.69) is 155 Å². The lowest BCUT2D eigenvalue weighted by molar-refractivity contribution is 0.669. The van der Waals surface area contributed by atoms with Gasteiger partial charge in [-0.05, 0) is 71.8 Å². The number of hydrogen-bond acceptors (Lipinski definition) is 3. The fourth-order valence-electron chi connectivity index (χ4n) is 7.73. The van der Waals surface area contributed by atoms with Crippen LogP contribution in [0.15, 0.2) is 156 Å². The Bertz CT molecular complexity index is 3050. The Kier molecular flexibility index (Phi) is 5.23. The number of fused-ring (bicyclic) bond motifs is 12. The van der Waals surface area contributed by atoms with E-state index in [1.165, 1.54) is 38.1 Å². The molecule has 0 aliphatic heterocycles. The summed E-state index contributed by atoms with van der Waals surface area (Å²) in [7, 11) is 0. The van der Waals surface area contributed by atoms with Crippen molar-refractivity contribution >= 4 is 87.1 Å². The van der Waals surface area contributed by atoms with E-state index in [1.54, 1.807) is 11.3 Å². The van der Waals surface area contributed by atoms with Crippen LogP contribution in [0.1, 0.15) is 0 Å². The van der Waals surface area contributed by atoms with Crippen LogP contribution in [-0.4, -0.2) is 14.1 Å². The van der Waals surface area contributed by atoms with Crippen LogP contribution in [0.3, 0.4) is 0 Å². The van der Waals surface area contributed by atoms with Gasteiger partial charge in [-0.2, -0.15) is 0 Å². The molecule has 0 fully saturated rings. The molecule has 224 valence electrons. The minimum absolute atomic E-state index is 0.859. The average Bonchev–Trinajstić information content (AvgIpc) is 3.90. The molecule has 5 heteroatoms. The number of para-hydroxylation sites is 3. The Balaban J connectivity index is 1.19. The second kappa shape index (κ2) is 9.67. The van der Waals surface area contributed by atoms with Crippen molar-refractivity contribution in [2.75, 3.05) is 0 Å². The number of thiazole rings is 1. The number of nitrogens with zero attached hydrogens (tertiary/aromatic N) is 3. The fraction of sp³-hybridized carbons (Fsp3) is 0. The van der Waals surface area contributed by atoms with Gasteiger partial charge in [0.1, 0.15) is 11.2 Å². The molecule has 4 nitrogen and oxygen atoms in total. The first-order chi connectivity index (χ1) is 23.8. The summed E-state index contributed by atoms with van der Waals surface area (Å²) in [6.45, 7) is 0. The predicted octanol–water partition coefficient (Wildman–Crippen LogP) is 12.1. The quantitative estimate of drug-likeness (QED) is 0.194. The molecule has 4 aromatic heterocycles. The van der Waals surface area contributed by atoms with Crippen LogP contribution in [0.25, 0.3) is 97.7 Å². The van der Waals surface area contributed by atoms with Crippen LogP contribution in [-0.2, 0) is 0 Å². The van der Waals surface area contributed by atoms with E-state index >= 15 is 0 Å². The van der Waals surface area contributed by atoms with Gasteiger partial charge in [-0.3, -0.25) is 4.57 Å². The lowest BCUT2D eigenvalue weighted by atomic mass is 10.0. The van der Waals surface area contributed by atoms with Gasteiger partial charge in [0, 0.05) is 32.6 Å². The van der Waals surface area contributed by atoms with Crippen molar-refractivity contribution in [3.63, 3.8) is 0 Å². The Morgan fingerprint density at radius 3 is 1.85 bits per heavy atom. The van der Waals surface area contributed by atoms with Crippen molar-refractivity contribution in [1.82, 2.24) is 14.1 Å². The molecule has 0 amide bonds. The van der Waals surface area contributed by atoms with E-state index < -0.39 is 0 Å². The summed E-state index contributed by atoms with van der Waals surface area (Å²) in [5.41, 5.74) is 10.9. The Morgan fingerprint density at radius 2 is 1.10 bits per heavy atom. The Hall–Kier alpha value is -6.17. The van der Waals surface area contributed by atoms with Crippen molar-refractivity contribution in [2.45, 2.75) is 0 Å². The van der Waals surface area contributed by atoms with Crippen LogP contribution >= 0.6 is 11.3 Å². The molecule has 0 spiro atoms. The molecule has 7 aromatic carbocycles. The molecule has 0 saturated carbocycles. The maximum absolute atomic E-state index is 6.45. The largest absolute Gasteiger partial charge is 0.456 e. The van der Waals surface area contributed by atoms with E-state index in [-0.39, 0.29) is 0 Å². The number of rotatable bonds is 3. The maximum Gasteiger partial charge on any atom is 0.195 e. The van der Waals surface area contributed by atoms with Gasteiger partial charge in [0.2, 0.25) is 0 Å². The molecule has 0 atom stereocenters. The van der Waals surface area contributed by atoms with Gasteiger partial charge in [-0.1, -0.05) is 102 Å². The lowest BCUT2D eigenvalue weighted by Gasteiger charge is -2.07. The van der Waals surface area contributed by atoms with Crippen LogP contribution in [0, 0.1) is 0 Å². The Labute approximate surface area is 278 Å². The van der Waals surface area contributed by atoms with Crippen molar-refractivity contribution in [1.29, 1.82) is 0 Å². The summed E-state index contributed by atoms with van der Waals surface area (Å²) in [4.78, 5) is 5.40. The minimum atomic E-state index is 0.859. The van der Waals surface area contributed by atoms with Gasteiger partial charge in [0.05, 0.1) is 37.7 Å². The predicted molar refractivity (Wildman–Crippen MR) is 201 cm³/mol. The molecule has 11 rings (SSSR count). The van der Waals surface area contributed by atoms with E-state index in [0.717, 1.165) is 59.6 Å². The van der Waals surface area contributed by atoms with Crippen LogP contribution in [0.2, 0.25) is 0 Å². The van der Waals surface area contributed by atoms with Crippen LogP contribution in [0.4, 0.5) is 0 Å². The van der Waals surface area contributed by atoms with Crippen molar-refractivity contribution in [2.24, 2.45) is 0 Å². The molecule has 0 saturated heterocycles. The van der Waals surface area contributed by atoms with Crippen molar-refractivity contribution in [3.8, 4) is 21.9 Å². The second-order valence-electron chi connectivity index (χ2n) is 12.4. The van der Waals surface area contributed by atoms with Crippen LogP contribution < -0.4 is 0 Å². The smallest absolute Gasteiger partial charge is 0.195 e. The monoisotopic (exact) mass is 631 g/mol. The standard InChI is InChI=1S/C43H25N3OS/c1-3-11-26(12-4-1)27-19-20-31-37(25-27)47-36-23-24-38-42(41(31)36)44-43(48-38)46-33-18-10-8-16-30(33)40-35(46)22-21-34-39(40)29-15-7-9-17-32(29)45(34)28-13-5-2-6-14-28/h1-25H. The zero-order valence-corrected chi connectivity index (χ0v) is 26.4. The second-order valence-corrected chi connectivity index (χ2v) is 13.4. The highest BCUT2D eigenvalue weighted by Crippen LogP contribution is 2.44. The fourth-order valence-corrected chi connectivity index (χ4v) is 8.73. The number of hydrogen-bond donors (Lipinski definition) is 0. The number of benzene rings is 7. The van der Waals surface area contributed by atoms with E-state index in [0.29, 0.717) is 0 Å². The Morgan fingerprint density at radius 1 is 0.458 bits per heavy atom. The van der Waals surface area contributed by atoms with E-state index in [4.69, 9.17) is 9.40 Å². The molecule has 4 heterocycles. The van der Waals surface area contributed by atoms with E-state index in [9.17, 15) is 0 Å². The molecule has 11 aromatic rings. The third-order valence-electron chi connectivity index (χ3n) is 9.77. The molecule has 0 unspecified atom stereocenters. The topological polar surface area (TPSA) is 35.9 Å². The van der Waals surface area contributed by atoms with Crippen molar-refractivity contribution < 1.29 is 4.42 Å². The molecular weight excluding hydrogens is 607 g/mol. The summed E-state index contributed by atoms with van der Waals surface area (Å²) in [6, 6.07) is 53.9. The van der Waals surface area contributed by atoms with E-state index in [1.807, 2.05) is 6.07 Å². The van der Waals surface area contributed by atoms with Crippen molar-refractivity contribution in [3.05, 3.63) is 152 Å². The normalized spacial score (nSPS) is 12.2. The molecule has 0 aliphatic rings. The zero-order valence-electron chi connectivity index (χ0n) is 25.6. The highest BCUT2D eigenvalue weighted by molar-refractivity contribution is 7.21. The molecule has 0 N–H and O–H groups in total. The summed E-state index contributed by atoms with van der Waals surface area (Å²) in [6.07, 6.45) is 0. The zero-order chi connectivity index (χ0) is 31.3. The molecule has 0 bridgehead atoms. The molecule has 0 radical (unpaired) electrons. The van der Waals surface area contributed by atoms with Gasteiger partial charge in [0.25, 0.3) is 0 Å². The first-order valence-corrected chi connectivity index (χ1v) is 17.0.